The van der Waals surface area contributed by atoms with Crippen LogP contribution in [0.15, 0.2) is 5.10 Å². The fourth-order valence-corrected chi connectivity index (χ4v) is 1.11. The van der Waals surface area contributed by atoms with Gasteiger partial charge in [-0.3, -0.25) is 0 Å². The molecule has 0 heterocycles. The van der Waals surface area contributed by atoms with Crippen LogP contribution in [0.3, 0.4) is 0 Å². The Morgan fingerprint density at radius 2 is 1.54 bits per heavy atom. The summed E-state index contributed by atoms with van der Waals surface area (Å²) in [5, 5.41) is 4.35. The van der Waals surface area contributed by atoms with Gasteiger partial charge in [0.05, 0.1) is 0 Å². The molecule has 2 heteroatoms. The zero-order chi connectivity index (χ0) is 10.7. The molecule has 0 unspecified atom stereocenters. The highest BCUT2D eigenvalue weighted by Crippen LogP contribution is 2.27. The van der Waals surface area contributed by atoms with Crippen LogP contribution in [-0.2, 0) is 0 Å². The van der Waals surface area contributed by atoms with Crippen molar-refractivity contribution in [3.8, 4) is 0 Å². The summed E-state index contributed by atoms with van der Waals surface area (Å²) in [6, 6.07) is 0. The molecule has 0 radical (unpaired) electrons. The molecule has 0 aromatic rings. The van der Waals surface area contributed by atoms with E-state index in [0.29, 0.717) is 5.41 Å². The number of nitrogens with one attached hydrogen (secondary N) is 1. The van der Waals surface area contributed by atoms with Crippen LogP contribution < -0.4 is 5.43 Å². The summed E-state index contributed by atoms with van der Waals surface area (Å²) in [7, 11) is 1.86. The van der Waals surface area contributed by atoms with Gasteiger partial charge < -0.3 is 5.43 Å². The Morgan fingerprint density at radius 1 is 1.08 bits per heavy atom. The van der Waals surface area contributed by atoms with Crippen LogP contribution in [-0.4, -0.2) is 12.8 Å². The molecule has 0 spiro atoms. The van der Waals surface area contributed by atoms with Crippen LogP contribution >= 0.6 is 0 Å². The van der Waals surface area contributed by atoms with Gasteiger partial charge in [0.1, 0.15) is 0 Å². The minimum absolute atomic E-state index is 0.163. The van der Waals surface area contributed by atoms with Crippen LogP contribution in [0.1, 0.15) is 48.0 Å². The lowest BCUT2D eigenvalue weighted by Gasteiger charge is -2.27. The molecule has 1 N–H and O–H groups in total. The minimum Gasteiger partial charge on any atom is -0.313 e. The molecule has 0 amide bonds. The van der Waals surface area contributed by atoms with E-state index in [2.05, 4.69) is 52.1 Å². The van der Waals surface area contributed by atoms with Crippen molar-refractivity contribution < 1.29 is 0 Å². The third-order valence-corrected chi connectivity index (χ3v) is 1.81. The van der Waals surface area contributed by atoms with Crippen molar-refractivity contribution in [2.75, 3.05) is 7.05 Å². The van der Waals surface area contributed by atoms with Gasteiger partial charge in [0, 0.05) is 18.2 Å². The summed E-state index contributed by atoms with van der Waals surface area (Å²) < 4.78 is 0. The predicted octanol–water partition coefficient (Wildman–Crippen LogP) is 3.04. The highest BCUT2D eigenvalue weighted by atomic mass is 15.3. The second kappa shape index (κ2) is 4.12. The highest BCUT2D eigenvalue weighted by Gasteiger charge is 2.24. The third-order valence-electron chi connectivity index (χ3n) is 1.81. The SMILES string of the molecule is CNN=C(CC(C)(C)C)C(C)(C)C. The molecule has 0 aliphatic carbocycles. The molecular weight excluding hydrogens is 160 g/mol. The Morgan fingerprint density at radius 3 is 1.77 bits per heavy atom. The summed E-state index contributed by atoms with van der Waals surface area (Å²) in [6.07, 6.45) is 1.04. The van der Waals surface area contributed by atoms with Crippen molar-refractivity contribution in [2.45, 2.75) is 48.0 Å². The van der Waals surface area contributed by atoms with Crippen LogP contribution in [0.25, 0.3) is 0 Å². The van der Waals surface area contributed by atoms with Gasteiger partial charge in [-0.2, -0.15) is 5.10 Å². The smallest absolute Gasteiger partial charge is 0.0436 e. The third kappa shape index (κ3) is 5.67. The Hall–Kier alpha value is -0.530. The van der Waals surface area contributed by atoms with E-state index in [9.17, 15) is 0 Å². The molecule has 0 aromatic heterocycles. The maximum atomic E-state index is 4.35. The first-order valence-electron chi connectivity index (χ1n) is 4.90. The Labute approximate surface area is 82.8 Å². The van der Waals surface area contributed by atoms with Gasteiger partial charge in [-0.15, -0.1) is 0 Å². The van der Waals surface area contributed by atoms with E-state index in [1.807, 2.05) is 7.05 Å². The van der Waals surface area contributed by atoms with Crippen LogP contribution in [0.2, 0.25) is 0 Å². The molecule has 0 bridgehead atoms. The lowest BCUT2D eigenvalue weighted by Crippen LogP contribution is -2.27. The summed E-state index contributed by atoms with van der Waals surface area (Å²) >= 11 is 0. The van der Waals surface area contributed by atoms with Gasteiger partial charge in [-0.05, 0) is 11.8 Å². The number of hydrazone groups is 1. The number of nitrogens with zero attached hydrogens (tertiary/aromatic N) is 1. The standard InChI is InChI=1S/C11H24N2/c1-10(2,3)8-9(13-12-7)11(4,5)6/h12H,8H2,1-7H3. The summed E-state index contributed by atoms with van der Waals surface area (Å²) in [5.41, 5.74) is 4.59. The fraction of sp³-hybridized carbons (Fsp3) is 0.909. The Kier molecular flexibility index (Phi) is 3.95. The van der Waals surface area contributed by atoms with Crippen molar-refractivity contribution in [3.05, 3.63) is 0 Å². The minimum atomic E-state index is 0.163. The zero-order valence-electron chi connectivity index (χ0n) is 10.2. The average Bonchev–Trinajstić information content (AvgIpc) is 1.81. The first-order chi connectivity index (χ1) is 5.67. The van der Waals surface area contributed by atoms with Crippen molar-refractivity contribution in [2.24, 2.45) is 15.9 Å². The first kappa shape index (κ1) is 12.5. The molecule has 0 aromatic carbocycles. The molecular formula is C11H24N2. The van der Waals surface area contributed by atoms with Crippen molar-refractivity contribution in [3.63, 3.8) is 0 Å². The van der Waals surface area contributed by atoms with E-state index in [1.165, 1.54) is 5.71 Å². The monoisotopic (exact) mass is 184 g/mol. The molecule has 2 nitrogen and oxygen atoms in total. The van der Waals surface area contributed by atoms with Gasteiger partial charge >= 0.3 is 0 Å². The van der Waals surface area contributed by atoms with E-state index < -0.39 is 0 Å². The number of hydrogen-bond acceptors (Lipinski definition) is 2. The predicted molar refractivity (Wildman–Crippen MR) is 60.0 cm³/mol. The van der Waals surface area contributed by atoms with Crippen LogP contribution in [0, 0.1) is 10.8 Å². The van der Waals surface area contributed by atoms with Gasteiger partial charge in [-0.25, -0.2) is 0 Å². The van der Waals surface area contributed by atoms with E-state index in [0.717, 1.165) is 6.42 Å². The van der Waals surface area contributed by atoms with Gasteiger partial charge in [0.25, 0.3) is 0 Å². The molecule has 0 atom stereocenters. The van der Waals surface area contributed by atoms with Gasteiger partial charge in [-0.1, -0.05) is 41.5 Å². The molecule has 78 valence electrons. The Bertz CT molecular complexity index is 179. The summed E-state index contributed by atoms with van der Waals surface area (Å²) in [4.78, 5) is 0. The summed E-state index contributed by atoms with van der Waals surface area (Å²) in [5.74, 6) is 0. The molecule has 0 saturated heterocycles. The second-order valence-corrected chi connectivity index (χ2v) is 5.77. The molecule has 0 rings (SSSR count). The van der Waals surface area contributed by atoms with Gasteiger partial charge in [0.15, 0.2) is 0 Å². The quantitative estimate of drug-likeness (QED) is 0.517. The summed E-state index contributed by atoms with van der Waals surface area (Å²) in [6.45, 7) is 13.3. The van der Waals surface area contributed by atoms with E-state index >= 15 is 0 Å². The highest BCUT2D eigenvalue weighted by molar-refractivity contribution is 5.89. The lowest BCUT2D eigenvalue weighted by molar-refractivity contribution is 0.411. The second-order valence-electron chi connectivity index (χ2n) is 5.77. The topological polar surface area (TPSA) is 24.4 Å². The van der Waals surface area contributed by atoms with Gasteiger partial charge in [0.2, 0.25) is 0 Å². The maximum absolute atomic E-state index is 4.35. The van der Waals surface area contributed by atoms with Crippen molar-refractivity contribution in [1.29, 1.82) is 0 Å². The largest absolute Gasteiger partial charge is 0.313 e. The van der Waals surface area contributed by atoms with Crippen LogP contribution in [0.5, 0.6) is 0 Å². The van der Waals surface area contributed by atoms with Crippen molar-refractivity contribution >= 4 is 5.71 Å². The lowest BCUT2D eigenvalue weighted by atomic mass is 9.79. The molecule has 0 aliphatic heterocycles. The van der Waals surface area contributed by atoms with Crippen molar-refractivity contribution in [1.82, 2.24) is 5.43 Å². The zero-order valence-corrected chi connectivity index (χ0v) is 10.2. The maximum Gasteiger partial charge on any atom is 0.0436 e. The fourth-order valence-electron chi connectivity index (χ4n) is 1.11. The molecule has 13 heavy (non-hydrogen) atoms. The number of hydrogen-bond donors (Lipinski definition) is 1. The molecule has 0 aliphatic rings. The van der Waals surface area contributed by atoms with E-state index in [-0.39, 0.29) is 5.41 Å². The van der Waals surface area contributed by atoms with Crippen LogP contribution in [0.4, 0.5) is 0 Å². The number of rotatable bonds is 2. The normalized spacial score (nSPS) is 14.5. The Balaban J connectivity index is 4.57. The van der Waals surface area contributed by atoms with E-state index in [1.54, 1.807) is 0 Å². The van der Waals surface area contributed by atoms with E-state index in [4.69, 9.17) is 0 Å². The average molecular weight is 184 g/mol. The molecule has 0 fully saturated rings. The molecule has 0 saturated carbocycles. The first-order valence-corrected chi connectivity index (χ1v) is 4.90.